The number of allylic oxidation sites excluding steroid dienone is 1. The molecule has 1 aromatic rings. The summed E-state index contributed by atoms with van der Waals surface area (Å²) >= 11 is 0. The number of hydrogen-bond donors (Lipinski definition) is 0. The van der Waals surface area contributed by atoms with E-state index < -0.39 is 0 Å². The summed E-state index contributed by atoms with van der Waals surface area (Å²) in [7, 11) is 0. The third-order valence-electron chi connectivity index (χ3n) is 2.01. The van der Waals surface area contributed by atoms with Crippen LogP contribution in [0.1, 0.15) is 24.5 Å². The van der Waals surface area contributed by atoms with Crippen molar-refractivity contribution in [3.63, 3.8) is 0 Å². The second-order valence-electron chi connectivity index (χ2n) is 3.19. The Balaban J connectivity index is 2.59. The van der Waals surface area contributed by atoms with Crippen molar-refractivity contribution in [3.05, 3.63) is 48.0 Å². The fraction of sp³-hybridized carbons (Fsp3) is 0.231. The first kappa shape index (κ1) is 11.4. The van der Waals surface area contributed by atoms with Gasteiger partial charge in [-0.3, -0.25) is 0 Å². The number of rotatable bonds is 5. The molecule has 0 spiro atoms. The van der Waals surface area contributed by atoms with E-state index in [-0.39, 0.29) is 0 Å². The highest BCUT2D eigenvalue weighted by Crippen LogP contribution is 2.05. The maximum absolute atomic E-state index is 3.88. The second kappa shape index (κ2) is 6.71. The minimum Gasteiger partial charge on any atom is -0.164 e. The zero-order chi connectivity index (χ0) is 10.9. The standard InChI is InChI=1S/C13H16N2/c1-3-5-6-12-7-9-13(10-8-12)11-15-14-4-2/h3-4,7-11H,1,5-6H2,2H3/b14-4+,15-11+. The molecule has 1 rings (SSSR count). The van der Waals surface area contributed by atoms with E-state index in [0.717, 1.165) is 18.4 Å². The molecular formula is C13H16N2. The molecule has 0 aliphatic rings. The van der Waals surface area contributed by atoms with Gasteiger partial charge in [-0.05, 0) is 30.9 Å². The van der Waals surface area contributed by atoms with E-state index in [1.165, 1.54) is 5.56 Å². The lowest BCUT2D eigenvalue weighted by Crippen LogP contribution is -1.85. The molecule has 1 aromatic carbocycles. The molecule has 2 heteroatoms. The summed E-state index contributed by atoms with van der Waals surface area (Å²) in [4.78, 5) is 0. The van der Waals surface area contributed by atoms with Gasteiger partial charge in [0.05, 0.1) is 6.21 Å². The van der Waals surface area contributed by atoms with Gasteiger partial charge in [-0.15, -0.1) is 6.58 Å². The Labute approximate surface area is 91.1 Å². The monoisotopic (exact) mass is 200 g/mol. The SMILES string of the molecule is C=CCCc1ccc(/C=N/N=C/C)cc1. The lowest BCUT2D eigenvalue weighted by Gasteiger charge is -1.98. The van der Waals surface area contributed by atoms with Crippen molar-refractivity contribution in [2.45, 2.75) is 19.8 Å². The predicted octanol–water partition coefficient (Wildman–Crippen LogP) is 3.23. The van der Waals surface area contributed by atoms with Crippen LogP contribution in [0.25, 0.3) is 0 Å². The van der Waals surface area contributed by atoms with E-state index in [1.807, 2.05) is 25.1 Å². The van der Waals surface area contributed by atoms with Crippen molar-refractivity contribution in [2.75, 3.05) is 0 Å². The maximum Gasteiger partial charge on any atom is 0.0567 e. The smallest absolute Gasteiger partial charge is 0.0567 e. The zero-order valence-corrected chi connectivity index (χ0v) is 9.06. The molecule has 2 nitrogen and oxygen atoms in total. The van der Waals surface area contributed by atoms with Crippen LogP contribution in [-0.4, -0.2) is 12.4 Å². The lowest BCUT2D eigenvalue weighted by molar-refractivity contribution is 1.00. The van der Waals surface area contributed by atoms with E-state index in [1.54, 1.807) is 12.4 Å². The van der Waals surface area contributed by atoms with Crippen molar-refractivity contribution in [1.29, 1.82) is 0 Å². The molecule has 0 bridgehead atoms. The molecule has 0 saturated heterocycles. The van der Waals surface area contributed by atoms with E-state index in [0.29, 0.717) is 0 Å². The topological polar surface area (TPSA) is 24.7 Å². The van der Waals surface area contributed by atoms with Gasteiger partial charge in [0.25, 0.3) is 0 Å². The minimum atomic E-state index is 1.02. The van der Waals surface area contributed by atoms with Crippen molar-refractivity contribution in [1.82, 2.24) is 0 Å². The average Bonchev–Trinajstić information content (AvgIpc) is 2.28. The first-order valence-electron chi connectivity index (χ1n) is 5.07. The van der Waals surface area contributed by atoms with Gasteiger partial charge in [-0.25, -0.2) is 0 Å². The highest BCUT2D eigenvalue weighted by atomic mass is 15.2. The second-order valence-corrected chi connectivity index (χ2v) is 3.19. The summed E-state index contributed by atoms with van der Waals surface area (Å²) in [6.07, 6.45) is 7.42. The lowest BCUT2D eigenvalue weighted by atomic mass is 10.1. The van der Waals surface area contributed by atoms with Gasteiger partial charge in [0.15, 0.2) is 0 Å². The van der Waals surface area contributed by atoms with Crippen LogP contribution in [0, 0.1) is 0 Å². The Morgan fingerprint density at radius 1 is 1.20 bits per heavy atom. The fourth-order valence-electron chi connectivity index (χ4n) is 1.21. The van der Waals surface area contributed by atoms with Crippen molar-refractivity contribution in [2.24, 2.45) is 10.2 Å². The number of nitrogens with zero attached hydrogens (tertiary/aromatic N) is 2. The molecule has 0 atom stereocenters. The third kappa shape index (κ3) is 4.36. The average molecular weight is 200 g/mol. The Bertz CT molecular complexity index is 347. The summed E-state index contributed by atoms with van der Waals surface area (Å²) in [5.41, 5.74) is 2.40. The van der Waals surface area contributed by atoms with Crippen LogP contribution in [0.5, 0.6) is 0 Å². The van der Waals surface area contributed by atoms with Crippen LogP contribution >= 0.6 is 0 Å². The zero-order valence-electron chi connectivity index (χ0n) is 9.06. The minimum absolute atomic E-state index is 1.02. The van der Waals surface area contributed by atoms with Crippen LogP contribution in [0.3, 0.4) is 0 Å². The first-order chi connectivity index (χ1) is 7.36. The molecule has 0 aromatic heterocycles. The molecule has 0 N–H and O–H groups in total. The van der Waals surface area contributed by atoms with Crippen LogP contribution in [0.15, 0.2) is 47.1 Å². The summed E-state index contributed by atoms with van der Waals surface area (Å²) in [5.74, 6) is 0. The van der Waals surface area contributed by atoms with Crippen molar-refractivity contribution >= 4 is 12.4 Å². The quantitative estimate of drug-likeness (QED) is 0.396. The van der Waals surface area contributed by atoms with Gasteiger partial charge in [0.1, 0.15) is 0 Å². The molecule has 0 unspecified atom stereocenters. The van der Waals surface area contributed by atoms with Crippen molar-refractivity contribution in [3.8, 4) is 0 Å². The van der Waals surface area contributed by atoms with E-state index in [4.69, 9.17) is 0 Å². The molecular weight excluding hydrogens is 184 g/mol. The van der Waals surface area contributed by atoms with Crippen molar-refractivity contribution < 1.29 is 0 Å². The molecule has 0 aliphatic carbocycles. The molecule has 0 aliphatic heterocycles. The number of aryl methyl sites for hydroxylation is 1. The fourth-order valence-corrected chi connectivity index (χ4v) is 1.21. The van der Waals surface area contributed by atoms with Crippen LogP contribution in [0.4, 0.5) is 0 Å². The van der Waals surface area contributed by atoms with Gasteiger partial charge in [0.2, 0.25) is 0 Å². The van der Waals surface area contributed by atoms with Gasteiger partial charge < -0.3 is 0 Å². The molecule has 0 fully saturated rings. The van der Waals surface area contributed by atoms with E-state index in [2.05, 4.69) is 28.9 Å². The summed E-state index contributed by atoms with van der Waals surface area (Å²) in [6.45, 7) is 5.55. The highest BCUT2D eigenvalue weighted by molar-refractivity contribution is 5.79. The first-order valence-corrected chi connectivity index (χ1v) is 5.07. The third-order valence-corrected chi connectivity index (χ3v) is 2.01. The molecule has 0 saturated carbocycles. The maximum atomic E-state index is 3.88. The predicted molar refractivity (Wildman–Crippen MR) is 66.7 cm³/mol. The van der Waals surface area contributed by atoms with Crippen LogP contribution < -0.4 is 0 Å². The van der Waals surface area contributed by atoms with Crippen LogP contribution in [0.2, 0.25) is 0 Å². The van der Waals surface area contributed by atoms with E-state index >= 15 is 0 Å². The molecule has 0 heterocycles. The van der Waals surface area contributed by atoms with Gasteiger partial charge in [0, 0.05) is 6.21 Å². The summed E-state index contributed by atoms with van der Waals surface area (Å²) < 4.78 is 0. The molecule has 0 radical (unpaired) electrons. The Morgan fingerprint density at radius 3 is 2.53 bits per heavy atom. The largest absolute Gasteiger partial charge is 0.164 e. The number of hydrogen-bond acceptors (Lipinski definition) is 2. The Kier molecular flexibility index (Phi) is 5.09. The normalized spacial score (nSPS) is 11.3. The highest BCUT2D eigenvalue weighted by Gasteiger charge is 1.91. The molecule has 78 valence electrons. The van der Waals surface area contributed by atoms with E-state index in [9.17, 15) is 0 Å². The number of benzene rings is 1. The van der Waals surface area contributed by atoms with Gasteiger partial charge in [-0.1, -0.05) is 30.3 Å². The van der Waals surface area contributed by atoms with Crippen LogP contribution in [-0.2, 0) is 6.42 Å². The Morgan fingerprint density at radius 2 is 1.93 bits per heavy atom. The molecule has 0 amide bonds. The summed E-state index contributed by atoms with van der Waals surface area (Å²) in [6, 6.07) is 8.32. The van der Waals surface area contributed by atoms with Gasteiger partial charge in [-0.2, -0.15) is 10.2 Å². The van der Waals surface area contributed by atoms with Gasteiger partial charge >= 0.3 is 0 Å². The summed E-state index contributed by atoms with van der Waals surface area (Å²) in [5, 5.41) is 7.65. The molecule has 15 heavy (non-hydrogen) atoms. The Hall–Kier alpha value is -1.70.